The molecule has 0 fully saturated rings. The maximum Gasteiger partial charge on any atom is 0.248 e. The van der Waals surface area contributed by atoms with Gasteiger partial charge in [-0.25, -0.2) is 4.68 Å². The van der Waals surface area contributed by atoms with Crippen LogP contribution in [0, 0.1) is 0 Å². The number of para-hydroxylation sites is 1. The molecule has 0 saturated carbocycles. The Morgan fingerprint density at radius 1 is 1.10 bits per heavy atom. The smallest absolute Gasteiger partial charge is 0.248 e. The number of benzene rings is 2. The van der Waals surface area contributed by atoms with Crippen molar-refractivity contribution in [3.05, 3.63) is 65.4 Å². The second kappa shape index (κ2) is 7.31. The van der Waals surface area contributed by atoms with Crippen molar-refractivity contribution in [3.63, 3.8) is 0 Å². The Balaban J connectivity index is 1.87. The summed E-state index contributed by atoms with van der Waals surface area (Å²) in [5.74, 6) is 1.90. The molecule has 0 radical (unpaired) electrons. The summed E-state index contributed by atoms with van der Waals surface area (Å²) in [6.07, 6.45) is 0. The number of nitrogens with one attached hydrogen (secondary N) is 1. The van der Waals surface area contributed by atoms with Gasteiger partial charge in [0, 0.05) is 16.8 Å². The normalized spacial score (nSPS) is 15.5. The van der Waals surface area contributed by atoms with Crippen LogP contribution in [0.4, 0.5) is 5.95 Å². The molecule has 3 N–H and O–H groups in total. The first-order valence-corrected chi connectivity index (χ1v) is 9.05. The van der Waals surface area contributed by atoms with E-state index in [1.807, 2.05) is 48.5 Å². The number of anilines is 1. The SMILES string of the molecule is COc1ccc(-c2nc3n(n2)[C@H](c2ccccc2OC)C(C(N)=O)=C(C)N3)cc1. The summed E-state index contributed by atoms with van der Waals surface area (Å²) in [5.41, 5.74) is 8.38. The van der Waals surface area contributed by atoms with Crippen LogP contribution in [0.1, 0.15) is 18.5 Å². The topological polar surface area (TPSA) is 104 Å². The Bertz CT molecular complexity index is 1100. The minimum atomic E-state index is -0.556. The third-order valence-corrected chi connectivity index (χ3v) is 4.90. The number of carbonyl (C=O) groups is 1. The molecule has 3 aromatic rings. The first-order chi connectivity index (χ1) is 14.0. The number of rotatable bonds is 5. The predicted octanol–water partition coefficient (Wildman–Crippen LogP) is 2.74. The van der Waals surface area contributed by atoms with Gasteiger partial charge in [-0.15, -0.1) is 5.10 Å². The number of carbonyl (C=O) groups excluding carboxylic acids is 1. The third-order valence-electron chi connectivity index (χ3n) is 4.90. The first kappa shape index (κ1) is 18.5. The molecule has 148 valence electrons. The zero-order chi connectivity index (χ0) is 20.5. The Kier molecular flexibility index (Phi) is 4.67. The van der Waals surface area contributed by atoms with Crippen molar-refractivity contribution in [2.45, 2.75) is 13.0 Å². The Labute approximate surface area is 168 Å². The van der Waals surface area contributed by atoms with Gasteiger partial charge in [0.15, 0.2) is 5.82 Å². The minimum absolute atomic E-state index is 0.410. The van der Waals surface area contributed by atoms with E-state index in [4.69, 9.17) is 15.2 Å². The number of methoxy groups -OCH3 is 2. The van der Waals surface area contributed by atoms with E-state index in [1.54, 1.807) is 25.8 Å². The Hall–Kier alpha value is -3.81. The van der Waals surface area contributed by atoms with Crippen LogP contribution in [0.25, 0.3) is 11.4 Å². The summed E-state index contributed by atoms with van der Waals surface area (Å²) < 4.78 is 12.4. The number of fused-ring (bicyclic) bond motifs is 1. The van der Waals surface area contributed by atoms with Crippen molar-refractivity contribution in [2.24, 2.45) is 5.73 Å². The molecule has 1 atom stereocenters. The molecule has 4 rings (SSSR count). The molecule has 0 saturated heterocycles. The summed E-state index contributed by atoms with van der Waals surface area (Å²) >= 11 is 0. The van der Waals surface area contributed by atoms with Gasteiger partial charge in [-0.1, -0.05) is 18.2 Å². The second-order valence-electron chi connectivity index (χ2n) is 6.60. The highest BCUT2D eigenvalue weighted by molar-refractivity contribution is 5.95. The highest BCUT2D eigenvalue weighted by atomic mass is 16.5. The fourth-order valence-corrected chi connectivity index (χ4v) is 3.51. The average Bonchev–Trinajstić information content (AvgIpc) is 3.16. The monoisotopic (exact) mass is 391 g/mol. The lowest BCUT2D eigenvalue weighted by atomic mass is 9.94. The molecule has 2 heterocycles. The number of allylic oxidation sites excluding steroid dienone is 1. The molecule has 1 amide bonds. The number of hydrogen-bond acceptors (Lipinski definition) is 6. The van der Waals surface area contributed by atoms with Gasteiger partial charge < -0.3 is 20.5 Å². The highest BCUT2D eigenvalue weighted by Crippen LogP contribution is 2.39. The van der Waals surface area contributed by atoms with Crippen molar-refractivity contribution >= 4 is 11.9 Å². The van der Waals surface area contributed by atoms with Crippen LogP contribution in [0.5, 0.6) is 11.5 Å². The van der Waals surface area contributed by atoms with E-state index < -0.39 is 11.9 Å². The molecule has 0 bridgehead atoms. The Morgan fingerprint density at radius 3 is 2.48 bits per heavy atom. The lowest BCUT2D eigenvalue weighted by molar-refractivity contribution is -0.115. The largest absolute Gasteiger partial charge is 0.497 e. The van der Waals surface area contributed by atoms with Gasteiger partial charge in [0.05, 0.1) is 19.8 Å². The number of primary amides is 1. The second-order valence-corrected chi connectivity index (χ2v) is 6.60. The minimum Gasteiger partial charge on any atom is -0.497 e. The molecule has 8 nitrogen and oxygen atoms in total. The number of nitrogens with two attached hydrogens (primary N) is 1. The van der Waals surface area contributed by atoms with Crippen molar-refractivity contribution in [1.29, 1.82) is 0 Å². The number of hydrogen-bond donors (Lipinski definition) is 2. The van der Waals surface area contributed by atoms with E-state index in [1.165, 1.54) is 0 Å². The van der Waals surface area contributed by atoms with E-state index in [2.05, 4.69) is 15.4 Å². The van der Waals surface area contributed by atoms with Crippen molar-refractivity contribution < 1.29 is 14.3 Å². The first-order valence-electron chi connectivity index (χ1n) is 9.05. The molecule has 0 spiro atoms. The van der Waals surface area contributed by atoms with E-state index in [0.717, 1.165) is 16.9 Å². The number of amides is 1. The van der Waals surface area contributed by atoms with E-state index in [0.29, 0.717) is 28.8 Å². The van der Waals surface area contributed by atoms with Crippen LogP contribution in [0.15, 0.2) is 59.8 Å². The number of ether oxygens (including phenoxy) is 2. The van der Waals surface area contributed by atoms with Crippen LogP contribution >= 0.6 is 0 Å². The van der Waals surface area contributed by atoms with Crippen LogP contribution in [0.3, 0.4) is 0 Å². The molecule has 2 aromatic carbocycles. The quantitative estimate of drug-likeness (QED) is 0.693. The Morgan fingerprint density at radius 2 is 1.83 bits per heavy atom. The lowest BCUT2D eigenvalue weighted by Crippen LogP contribution is -2.32. The lowest BCUT2D eigenvalue weighted by Gasteiger charge is -2.28. The average molecular weight is 391 g/mol. The molecule has 1 aliphatic rings. The van der Waals surface area contributed by atoms with E-state index >= 15 is 0 Å². The van der Waals surface area contributed by atoms with Crippen LogP contribution in [0.2, 0.25) is 0 Å². The summed E-state index contributed by atoms with van der Waals surface area (Å²) in [7, 11) is 3.20. The summed E-state index contributed by atoms with van der Waals surface area (Å²) in [6, 6.07) is 14.4. The van der Waals surface area contributed by atoms with Gasteiger partial charge >= 0.3 is 0 Å². The molecule has 29 heavy (non-hydrogen) atoms. The predicted molar refractivity (Wildman–Crippen MR) is 109 cm³/mol. The molecule has 0 unspecified atom stereocenters. The zero-order valence-corrected chi connectivity index (χ0v) is 16.3. The van der Waals surface area contributed by atoms with Gasteiger partial charge in [0.25, 0.3) is 0 Å². The van der Waals surface area contributed by atoms with Crippen LogP contribution in [-0.2, 0) is 4.79 Å². The van der Waals surface area contributed by atoms with Crippen molar-refractivity contribution in [3.8, 4) is 22.9 Å². The van der Waals surface area contributed by atoms with Crippen molar-refractivity contribution in [1.82, 2.24) is 14.8 Å². The number of nitrogens with zero attached hydrogens (tertiary/aromatic N) is 3. The molecule has 0 aliphatic carbocycles. The van der Waals surface area contributed by atoms with Crippen LogP contribution < -0.4 is 20.5 Å². The van der Waals surface area contributed by atoms with Crippen LogP contribution in [-0.4, -0.2) is 34.9 Å². The van der Waals surface area contributed by atoms with Gasteiger partial charge in [-0.3, -0.25) is 4.79 Å². The van der Waals surface area contributed by atoms with E-state index in [-0.39, 0.29) is 0 Å². The molecule has 8 heteroatoms. The third kappa shape index (κ3) is 3.18. The summed E-state index contributed by atoms with van der Waals surface area (Å²) in [4.78, 5) is 16.9. The van der Waals surface area contributed by atoms with Gasteiger partial charge in [0.2, 0.25) is 11.9 Å². The maximum atomic E-state index is 12.3. The van der Waals surface area contributed by atoms with E-state index in [9.17, 15) is 4.79 Å². The van der Waals surface area contributed by atoms with Crippen molar-refractivity contribution in [2.75, 3.05) is 19.5 Å². The summed E-state index contributed by atoms with van der Waals surface area (Å²) in [5, 5.41) is 7.83. The maximum absolute atomic E-state index is 12.3. The number of aromatic nitrogens is 3. The summed E-state index contributed by atoms with van der Waals surface area (Å²) in [6.45, 7) is 1.80. The molecule has 1 aliphatic heterocycles. The van der Waals surface area contributed by atoms with Gasteiger partial charge in [-0.2, -0.15) is 4.98 Å². The fraction of sp³-hybridized carbons (Fsp3) is 0.190. The van der Waals surface area contributed by atoms with Gasteiger partial charge in [0.1, 0.15) is 17.5 Å². The zero-order valence-electron chi connectivity index (χ0n) is 16.3. The highest BCUT2D eigenvalue weighted by Gasteiger charge is 2.34. The fourth-order valence-electron chi connectivity index (χ4n) is 3.51. The molecule has 1 aromatic heterocycles. The molecular formula is C21H21N5O3. The van der Waals surface area contributed by atoms with Gasteiger partial charge in [-0.05, 0) is 37.3 Å². The standard InChI is InChI=1S/C21H21N5O3/c1-12-17(19(22)27)18(15-6-4-5-7-16(15)29-3)26-21(23-12)24-20(25-26)13-8-10-14(28-2)11-9-13/h4-11,18H,1-3H3,(H2,22,27)(H,23,24,25)/t18-/m1/s1. The molecular weight excluding hydrogens is 370 g/mol.